The van der Waals surface area contributed by atoms with Crippen LogP contribution in [0.2, 0.25) is 0 Å². The summed E-state index contributed by atoms with van der Waals surface area (Å²) < 4.78 is 41.3. The number of hydrogen-bond donors (Lipinski definition) is 1. The lowest BCUT2D eigenvalue weighted by Gasteiger charge is -2.27. The zero-order valence-corrected chi connectivity index (χ0v) is 16.3. The number of nitrogens with zero attached hydrogens (tertiary/aromatic N) is 1. The molecule has 2 amide bonds. The molecule has 0 spiro atoms. The molecular weight excluding hydrogens is 391 g/mol. The van der Waals surface area contributed by atoms with Gasteiger partial charge in [0.2, 0.25) is 0 Å². The van der Waals surface area contributed by atoms with Crippen LogP contribution in [0.25, 0.3) is 0 Å². The molecule has 28 heavy (non-hydrogen) atoms. The van der Waals surface area contributed by atoms with E-state index in [1.54, 1.807) is 0 Å². The summed E-state index contributed by atoms with van der Waals surface area (Å²) in [5.41, 5.74) is 0.0560. The Bertz CT molecular complexity index is 842. The van der Waals surface area contributed by atoms with Crippen LogP contribution in [-0.2, 0) is 24.2 Å². The summed E-state index contributed by atoms with van der Waals surface area (Å²) in [6.07, 6.45) is 1.01. The topological polar surface area (TPSA) is 110 Å². The van der Waals surface area contributed by atoms with Gasteiger partial charge in [-0.05, 0) is 31.0 Å². The maximum absolute atomic E-state index is 13.1. The fraction of sp³-hybridized carbons (Fsp3) is 0.500. The Hall–Kier alpha value is -2.49. The van der Waals surface area contributed by atoms with Gasteiger partial charge in [0.25, 0.3) is 11.8 Å². The van der Waals surface area contributed by atoms with Crippen molar-refractivity contribution >= 4 is 27.6 Å². The van der Waals surface area contributed by atoms with E-state index in [2.05, 4.69) is 5.32 Å². The Kier molecular flexibility index (Phi) is 7.50. The first-order valence-corrected chi connectivity index (χ1v) is 10.7. The zero-order chi connectivity index (χ0) is 20.7. The number of hydrogen-bond acceptors (Lipinski definition) is 6. The van der Waals surface area contributed by atoms with Crippen molar-refractivity contribution in [3.63, 3.8) is 0 Å². The van der Waals surface area contributed by atoms with Crippen LogP contribution in [0.15, 0.2) is 24.3 Å². The molecule has 0 bridgehead atoms. The molecule has 1 aromatic carbocycles. The minimum absolute atomic E-state index is 0.0388. The predicted molar refractivity (Wildman–Crippen MR) is 98.8 cm³/mol. The number of esters is 1. The number of nitrogens with one attached hydrogen (secondary N) is 1. The number of sulfone groups is 1. The van der Waals surface area contributed by atoms with E-state index in [0.717, 1.165) is 6.07 Å². The van der Waals surface area contributed by atoms with E-state index in [4.69, 9.17) is 4.74 Å². The Labute approximate surface area is 163 Å². The molecule has 1 atom stereocenters. The van der Waals surface area contributed by atoms with Gasteiger partial charge in [-0.25, -0.2) is 12.8 Å². The highest BCUT2D eigenvalue weighted by Gasteiger charge is 2.34. The molecule has 1 saturated heterocycles. The van der Waals surface area contributed by atoms with Crippen molar-refractivity contribution < 1.29 is 31.9 Å². The summed E-state index contributed by atoms with van der Waals surface area (Å²) in [7, 11) is -3.15. The van der Waals surface area contributed by atoms with Gasteiger partial charge in [-0.15, -0.1) is 0 Å². The number of carbonyl (C=O) groups is 3. The Morgan fingerprint density at radius 1 is 1.32 bits per heavy atom. The lowest BCUT2D eigenvalue weighted by Crippen LogP contribution is -2.44. The monoisotopic (exact) mass is 414 g/mol. The second-order valence-corrected chi connectivity index (χ2v) is 8.73. The van der Waals surface area contributed by atoms with Crippen LogP contribution < -0.4 is 5.32 Å². The van der Waals surface area contributed by atoms with Crippen molar-refractivity contribution in [3.05, 3.63) is 35.6 Å². The molecule has 1 heterocycles. The molecule has 0 unspecified atom stereocenters. The Balaban J connectivity index is 1.81. The van der Waals surface area contributed by atoms with Crippen molar-refractivity contribution in [3.8, 4) is 0 Å². The van der Waals surface area contributed by atoms with Crippen LogP contribution in [0.4, 0.5) is 4.39 Å². The second-order valence-electron chi connectivity index (χ2n) is 6.50. The molecule has 8 nitrogen and oxygen atoms in total. The molecule has 1 aliphatic rings. The van der Waals surface area contributed by atoms with Crippen molar-refractivity contribution in [2.75, 3.05) is 31.2 Å². The van der Waals surface area contributed by atoms with Gasteiger partial charge in [0.15, 0.2) is 16.4 Å². The summed E-state index contributed by atoms with van der Waals surface area (Å²) >= 11 is 0. The standard InChI is InChI=1S/C18H23FN2O6S/c1-2-7-21(15-6-8-28(25,26)12-15)16(22)11-27-17(23)10-20-18(24)13-4-3-5-14(19)9-13/h3-5,9,15H,2,6-8,10-12H2,1H3,(H,20,24)/t15-/m0/s1. The minimum atomic E-state index is -3.15. The quantitative estimate of drug-likeness (QED) is 0.621. The highest BCUT2D eigenvalue weighted by Crippen LogP contribution is 2.18. The van der Waals surface area contributed by atoms with Gasteiger partial charge in [-0.3, -0.25) is 14.4 Å². The van der Waals surface area contributed by atoms with Crippen LogP contribution in [0, 0.1) is 5.82 Å². The lowest BCUT2D eigenvalue weighted by molar-refractivity contribution is -0.152. The summed E-state index contributed by atoms with van der Waals surface area (Å²) in [6.45, 7) is 1.21. The summed E-state index contributed by atoms with van der Waals surface area (Å²) in [6, 6.07) is 4.57. The molecule has 1 N–H and O–H groups in total. The first kappa shape index (κ1) is 21.8. The van der Waals surface area contributed by atoms with Gasteiger partial charge in [-0.2, -0.15) is 0 Å². The largest absolute Gasteiger partial charge is 0.454 e. The summed E-state index contributed by atoms with van der Waals surface area (Å²) in [4.78, 5) is 37.4. The number of amides is 2. The van der Waals surface area contributed by atoms with Gasteiger partial charge >= 0.3 is 5.97 Å². The second kappa shape index (κ2) is 9.63. The fourth-order valence-corrected chi connectivity index (χ4v) is 4.66. The molecule has 1 aromatic rings. The van der Waals surface area contributed by atoms with E-state index >= 15 is 0 Å². The number of rotatable bonds is 8. The van der Waals surface area contributed by atoms with Crippen molar-refractivity contribution in [1.29, 1.82) is 0 Å². The molecule has 1 fully saturated rings. The first-order chi connectivity index (χ1) is 13.2. The van der Waals surface area contributed by atoms with Gasteiger partial charge in [0.1, 0.15) is 12.4 Å². The molecule has 0 aliphatic carbocycles. The predicted octanol–water partition coefficient (Wildman–Crippen LogP) is 0.524. The van der Waals surface area contributed by atoms with Gasteiger partial charge in [0, 0.05) is 18.2 Å². The fourth-order valence-electron chi connectivity index (χ4n) is 2.93. The van der Waals surface area contributed by atoms with E-state index in [1.807, 2.05) is 6.92 Å². The number of halogens is 1. The molecule has 0 radical (unpaired) electrons. The van der Waals surface area contributed by atoms with Crippen LogP contribution in [0.3, 0.4) is 0 Å². The van der Waals surface area contributed by atoms with Crippen molar-refractivity contribution in [2.24, 2.45) is 0 Å². The highest BCUT2D eigenvalue weighted by atomic mass is 32.2. The molecule has 10 heteroatoms. The van der Waals surface area contributed by atoms with E-state index in [0.29, 0.717) is 19.4 Å². The normalized spacial score (nSPS) is 17.7. The third kappa shape index (κ3) is 6.29. The lowest BCUT2D eigenvalue weighted by atomic mass is 10.2. The summed E-state index contributed by atoms with van der Waals surface area (Å²) in [5.74, 6) is -2.58. The van der Waals surface area contributed by atoms with Crippen LogP contribution in [0.5, 0.6) is 0 Å². The van der Waals surface area contributed by atoms with Gasteiger partial charge in [0.05, 0.1) is 11.5 Å². The average Bonchev–Trinajstić information content (AvgIpc) is 3.01. The molecule has 154 valence electrons. The maximum atomic E-state index is 13.1. The number of benzene rings is 1. The van der Waals surface area contributed by atoms with Crippen molar-refractivity contribution in [1.82, 2.24) is 10.2 Å². The van der Waals surface area contributed by atoms with Crippen LogP contribution in [-0.4, -0.2) is 68.3 Å². The van der Waals surface area contributed by atoms with Crippen LogP contribution in [0.1, 0.15) is 30.1 Å². The molecule has 1 aliphatic heterocycles. The van der Waals surface area contributed by atoms with Gasteiger partial charge < -0.3 is 15.0 Å². The summed E-state index contributed by atoms with van der Waals surface area (Å²) in [5, 5.41) is 2.29. The van der Waals surface area contributed by atoms with E-state index in [9.17, 15) is 27.2 Å². The van der Waals surface area contributed by atoms with E-state index < -0.39 is 52.6 Å². The molecule has 0 aromatic heterocycles. The van der Waals surface area contributed by atoms with Gasteiger partial charge in [-0.1, -0.05) is 13.0 Å². The SMILES string of the molecule is CCCN(C(=O)COC(=O)CNC(=O)c1cccc(F)c1)[C@H]1CCS(=O)(=O)C1. The average molecular weight is 414 g/mol. The van der Waals surface area contributed by atoms with E-state index in [1.165, 1.54) is 23.1 Å². The Morgan fingerprint density at radius 2 is 2.07 bits per heavy atom. The smallest absolute Gasteiger partial charge is 0.325 e. The Morgan fingerprint density at radius 3 is 2.68 bits per heavy atom. The highest BCUT2D eigenvalue weighted by molar-refractivity contribution is 7.91. The number of carbonyl (C=O) groups excluding carboxylic acids is 3. The first-order valence-electron chi connectivity index (χ1n) is 8.91. The molecular formula is C18H23FN2O6S. The van der Waals surface area contributed by atoms with Crippen LogP contribution >= 0.6 is 0 Å². The molecule has 0 saturated carbocycles. The zero-order valence-electron chi connectivity index (χ0n) is 15.5. The van der Waals surface area contributed by atoms with E-state index in [-0.39, 0.29) is 17.1 Å². The maximum Gasteiger partial charge on any atom is 0.325 e. The molecule has 2 rings (SSSR count). The third-order valence-corrected chi connectivity index (χ3v) is 6.02. The minimum Gasteiger partial charge on any atom is -0.454 e. The number of ether oxygens (including phenoxy) is 1. The third-order valence-electron chi connectivity index (χ3n) is 4.27. The van der Waals surface area contributed by atoms with Crippen molar-refractivity contribution in [2.45, 2.75) is 25.8 Å².